The fourth-order valence-electron chi connectivity index (χ4n) is 13.6. The van der Waals surface area contributed by atoms with E-state index in [9.17, 15) is 0 Å². The molecule has 0 amide bonds. The second-order valence-electron chi connectivity index (χ2n) is 27.6. The molecule has 0 bridgehead atoms. The number of methoxy groups -OCH3 is 2. The van der Waals surface area contributed by atoms with Gasteiger partial charge in [-0.1, -0.05) is 107 Å². The van der Waals surface area contributed by atoms with Crippen LogP contribution in [0.2, 0.25) is 0 Å². The van der Waals surface area contributed by atoms with Gasteiger partial charge in [-0.2, -0.15) is 0 Å². The van der Waals surface area contributed by atoms with Gasteiger partial charge in [0.05, 0.1) is 14.2 Å². The lowest BCUT2D eigenvalue weighted by molar-refractivity contribution is 0.413. The lowest BCUT2D eigenvalue weighted by Crippen LogP contribution is -2.16. The third kappa shape index (κ3) is 9.95. The summed E-state index contributed by atoms with van der Waals surface area (Å²) >= 11 is 0. The SMILES string of the molecule is COc1ccc(Op2oc3c(C(C)(C)C)cc4c(c3c3c5c(cc(C(C)(C)C)c3o2)CCCC5)CCCC4)c(-c2cc(OC)ccc2Op2oc3c(C(C)(C)C)cc4c(c3c3c5c(cc(C(C)(C)C)c3o2)CCCC5)CCCC4)c1. The van der Waals surface area contributed by atoms with Crippen LogP contribution < -0.4 is 18.5 Å². The highest BCUT2D eigenvalue weighted by atomic mass is 31.1. The van der Waals surface area contributed by atoms with E-state index in [1.54, 1.807) is 14.2 Å². The van der Waals surface area contributed by atoms with Crippen LogP contribution >= 0.6 is 16.5 Å². The molecule has 80 heavy (non-hydrogen) atoms. The first kappa shape index (κ1) is 54.9. The largest absolute Gasteiger partial charge is 0.497 e. The molecule has 2 aromatic heterocycles. The van der Waals surface area contributed by atoms with Gasteiger partial charge >= 0.3 is 16.5 Å². The Bertz CT molecular complexity index is 3420. The summed E-state index contributed by atoms with van der Waals surface area (Å²) in [5.41, 5.74) is 20.2. The molecular weight excluding hydrogens is 1030 g/mol. The van der Waals surface area contributed by atoms with Crippen molar-refractivity contribution >= 4 is 60.4 Å². The molecule has 0 saturated heterocycles. The number of ether oxygens (including phenoxy) is 2. The summed E-state index contributed by atoms with van der Waals surface area (Å²) in [4.78, 5) is 0. The summed E-state index contributed by atoms with van der Waals surface area (Å²) in [6.07, 6.45) is 17.6. The molecular formula is C70H84O8P2. The topological polar surface area (TPSA) is 89.5 Å². The maximum absolute atomic E-state index is 7.50. The lowest BCUT2D eigenvalue weighted by Gasteiger charge is -2.28. The zero-order valence-electron chi connectivity index (χ0n) is 50.2. The highest BCUT2D eigenvalue weighted by molar-refractivity contribution is 7.32. The number of fused-ring (bicyclic) bond motifs is 14. The minimum absolute atomic E-state index is 0.229. The second-order valence-corrected chi connectivity index (χ2v) is 29.6. The highest BCUT2D eigenvalue weighted by Gasteiger charge is 2.34. The number of benzene rings is 6. The summed E-state index contributed by atoms with van der Waals surface area (Å²) in [6, 6.07) is 21.6. The van der Waals surface area contributed by atoms with Gasteiger partial charge in [-0.25, -0.2) is 0 Å². The Kier molecular flexibility index (Phi) is 14.2. The van der Waals surface area contributed by atoms with Gasteiger partial charge in [0.1, 0.15) is 45.3 Å². The van der Waals surface area contributed by atoms with Gasteiger partial charge in [0.2, 0.25) is 0 Å². The van der Waals surface area contributed by atoms with Crippen molar-refractivity contribution in [1.82, 2.24) is 0 Å². The van der Waals surface area contributed by atoms with Crippen molar-refractivity contribution in [2.75, 3.05) is 14.2 Å². The Morgan fingerprint density at radius 1 is 0.338 bits per heavy atom. The molecule has 8 aromatic rings. The lowest BCUT2D eigenvalue weighted by atomic mass is 9.76. The first-order valence-electron chi connectivity index (χ1n) is 29.9. The zero-order valence-corrected chi connectivity index (χ0v) is 52.0. The van der Waals surface area contributed by atoms with Crippen LogP contribution in [0.25, 0.3) is 55.0 Å². The quantitative estimate of drug-likeness (QED) is 0.156. The van der Waals surface area contributed by atoms with Gasteiger partial charge in [-0.3, -0.25) is 0 Å². The predicted octanol–water partition coefficient (Wildman–Crippen LogP) is 21.0. The number of hydrogen-bond donors (Lipinski definition) is 0. The number of rotatable bonds is 7. The molecule has 10 heteroatoms. The summed E-state index contributed by atoms with van der Waals surface area (Å²) in [5.74, 6) is 2.43. The molecule has 0 N–H and O–H groups in total. The van der Waals surface area contributed by atoms with Crippen LogP contribution in [0.15, 0.2) is 77.5 Å². The average Bonchev–Trinajstić information content (AvgIpc) is 3.92. The summed E-state index contributed by atoms with van der Waals surface area (Å²) in [7, 11) is -0.838. The van der Waals surface area contributed by atoms with E-state index in [0.29, 0.717) is 23.0 Å². The van der Waals surface area contributed by atoms with E-state index in [1.807, 2.05) is 36.4 Å². The van der Waals surface area contributed by atoms with Gasteiger partial charge < -0.3 is 35.3 Å². The van der Waals surface area contributed by atoms with E-state index in [-0.39, 0.29) is 21.7 Å². The molecule has 0 spiro atoms. The molecule has 0 aliphatic heterocycles. The Balaban J connectivity index is 1.12. The summed E-state index contributed by atoms with van der Waals surface area (Å²) in [6.45, 7) is 27.7. The van der Waals surface area contributed by atoms with Gasteiger partial charge in [0.15, 0.2) is 0 Å². The van der Waals surface area contributed by atoms with Gasteiger partial charge in [-0.05, 0) is 205 Å². The number of aryl methyl sites for hydroxylation is 8. The minimum Gasteiger partial charge on any atom is -0.497 e. The van der Waals surface area contributed by atoms with E-state index in [1.165, 1.54) is 114 Å². The standard InChI is InChI=1S/C70H84O8P2/c1-67(2,3)53-35-41-23-15-19-27-47(41)59-60-48-28-20-16-24-42(48)36-54(68(4,5)6)64(60)76-79(75-63(53)59)73-57-33-31-45(71-13)39-51(57)52-40-46(72-14)32-34-58(52)74-80-77-65-55(69(7,8)9)37-43-25-17-21-29-49(43)61(65)62-50-30-22-18-26-44(50)38-56(66(62)78-80)70(10,11)12/h31-40H,15-30H2,1-14H3. The van der Waals surface area contributed by atoms with E-state index in [4.69, 9.17) is 35.3 Å². The Hall–Kier alpha value is -5.68. The Morgan fingerprint density at radius 2 is 0.588 bits per heavy atom. The highest BCUT2D eigenvalue weighted by Crippen LogP contribution is 2.54. The van der Waals surface area contributed by atoms with Crippen LogP contribution in [0.5, 0.6) is 23.0 Å². The van der Waals surface area contributed by atoms with Crippen molar-refractivity contribution in [2.45, 2.75) is 207 Å². The summed E-state index contributed by atoms with van der Waals surface area (Å²) < 4.78 is 56.9. The summed E-state index contributed by atoms with van der Waals surface area (Å²) in [5, 5.41) is 4.88. The molecule has 0 atom stereocenters. The Labute approximate surface area is 476 Å². The molecule has 0 fully saturated rings. The first-order valence-corrected chi connectivity index (χ1v) is 32.1. The van der Waals surface area contributed by atoms with Crippen LogP contribution in [-0.4, -0.2) is 14.2 Å². The van der Waals surface area contributed by atoms with Crippen molar-refractivity contribution in [3.63, 3.8) is 0 Å². The molecule has 6 aromatic carbocycles. The van der Waals surface area contributed by atoms with Crippen LogP contribution in [0.1, 0.15) is 201 Å². The monoisotopic (exact) mass is 1110 g/mol. The molecule has 2 heterocycles. The second kappa shape index (κ2) is 20.6. The minimum atomic E-state index is -2.12. The van der Waals surface area contributed by atoms with Crippen LogP contribution in [-0.2, 0) is 73.0 Å². The molecule has 4 aliphatic rings. The molecule has 8 nitrogen and oxygen atoms in total. The first-order chi connectivity index (χ1) is 38.1. The maximum atomic E-state index is 7.50. The fourth-order valence-corrected chi connectivity index (χ4v) is 15.8. The van der Waals surface area contributed by atoms with Crippen molar-refractivity contribution in [3.05, 3.63) is 127 Å². The van der Waals surface area contributed by atoms with Gasteiger partial charge in [0, 0.05) is 54.9 Å². The average molecular weight is 1120 g/mol. The fraction of sp³-hybridized carbons (Fsp3) is 0.486. The van der Waals surface area contributed by atoms with Crippen LogP contribution in [0, 0.1) is 0 Å². The van der Waals surface area contributed by atoms with Gasteiger partial charge in [-0.15, -0.1) is 0 Å². The third-order valence-corrected chi connectivity index (χ3v) is 19.8. The smallest absolute Gasteiger partial charge is 0.453 e. The van der Waals surface area contributed by atoms with Crippen LogP contribution in [0.4, 0.5) is 0 Å². The molecule has 0 unspecified atom stereocenters. The molecule has 422 valence electrons. The number of hydrogen-bond acceptors (Lipinski definition) is 8. The van der Waals surface area contributed by atoms with E-state index in [2.05, 4.69) is 107 Å². The van der Waals surface area contributed by atoms with Crippen molar-refractivity contribution in [3.8, 4) is 34.1 Å². The van der Waals surface area contributed by atoms with E-state index < -0.39 is 16.5 Å². The predicted molar refractivity (Wildman–Crippen MR) is 331 cm³/mol. The third-order valence-electron chi connectivity index (χ3n) is 17.8. The zero-order chi connectivity index (χ0) is 56.2. The van der Waals surface area contributed by atoms with Gasteiger partial charge in [0.25, 0.3) is 0 Å². The van der Waals surface area contributed by atoms with Crippen molar-refractivity contribution in [1.29, 1.82) is 0 Å². The normalized spacial score (nSPS) is 15.8. The molecule has 12 rings (SSSR count). The Morgan fingerprint density at radius 3 is 0.825 bits per heavy atom. The molecule has 0 saturated carbocycles. The molecule has 4 aliphatic carbocycles. The van der Waals surface area contributed by atoms with Crippen molar-refractivity contribution < 1.29 is 35.3 Å². The van der Waals surface area contributed by atoms with Crippen LogP contribution in [0.3, 0.4) is 0 Å². The molecule has 0 radical (unpaired) electrons. The maximum Gasteiger partial charge on any atom is 0.453 e. The van der Waals surface area contributed by atoms with Crippen molar-refractivity contribution in [2.24, 2.45) is 0 Å². The van der Waals surface area contributed by atoms with E-state index in [0.717, 1.165) is 111 Å². The van der Waals surface area contributed by atoms with E-state index >= 15 is 0 Å².